The topological polar surface area (TPSA) is 52.1 Å². The highest BCUT2D eigenvalue weighted by Gasteiger charge is 2.04. The molecule has 0 amide bonds. The molecule has 0 aliphatic rings. The Balaban J connectivity index is 1.54. The molecule has 0 bridgehead atoms. The van der Waals surface area contributed by atoms with E-state index in [9.17, 15) is 0 Å². The van der Waals surface area contributed by atoms with Gasteiger partial charge in [-0.1, -0.05) is 48.0 Å². The second-order valence-electron chi connectivity index (χ2n) is 6.23. The molecule has 150 valence electrons. The molecule has 0 aliphatic carbocycles. The molecule has 3 aromatic carbocycles. The Hall–Kier alpha value is -3.18. The van der Waals surface area contributed by atoms with Crippen molar-refractivity contribution in [3.63, 3.8) is 0 Å². The molecular weight excluding hydrogens is 388 g/mol. The molecule has 0 spiro atoms. The van der Waals surface area contributed by atoms with Crippen LogP contribution in [-0.4, -0.2) is 20.4 Å². The highest BCUT2D eigenvalue weighted by atomic mass is 35.5. The van der Waals surface area contributed by atoms with E-state index in [-0.39, 0.29) is 0 Å². The van der Waals surface area contributed by atoms with Gasteiger partial charge in [0, 0.05) is 10.6 Å². The number of hydrazone groups is 1. The Bertz CT molecular complexity index is 976. The normalized spacial score (nSPS) is 10.7. The minimum Gasteiger partial charge on any atom is -0.493 e. The summed E-state index contributed by atoms with van der Waals surface area (Å²) in [6.07, 6.45) is 1.75. The lowest BCUT2D eigenvalue weighted by atomic mass is 10.2. The number of hydrogen-bond donors (Lipinski definition) is 1. The maximum atomic E-state index is 6.17. The second kappa shape index (κ2) is 10.4. The summed E-state index contributed by atoms with van der Waals surface area (Å²) in [4.78, 5) is 0. The predicted molar refractivity (Wildman–Crippen MR) is 116 cm³/mol. The predicted octanol–water partition coefficient (Wildman–Crippen LogP) is 5.06. The Kier molecular flexibility index (Phi) is 7.36. The van der Waals surface area contributed by atoms with Gasteiger partial charge in [0.25, 0.3) is 0 Å². The van der Waals surface area contributed by atoms with Crippen molar-refractivity contribution in [1.82, 2.24) is 5.43 Å². The van der Waals surface area contributed by atoms with Crippen molar-refractivity contribution in [2.24, 2.45) is 5.10 Å². The van der Waals surface area contributed by atoms with Crippen LogP contribution >= 0.6 is 11.6 Å². The van der Waals surface area contributed by atoms with Crippen molar-refractivity contribution in [1.29, 1.82) is 0 Å². The molecule has 5 nitrogen and oxygen atoms in total. The molecule has 0 saturated carbocycles. The minimum atomic E-state index is 0.415. The number of halogens is 1. The summed E-state index contributed by atoms with van der Waals surface area (Å²) < 4.78 is 16.4. The van der Waals surface area contributed by atoms with E-state index in [1.165, 1.54) is 0 Å². The average Bonchev–Trinajstić information content (AvgIpc) is 2.76. The molecular formula is C23H23ClN2O3. The van der Waals surface area contributed by atoms with Crippen LogP contribution in [0.1, 0.15) is 16.7 Å². The lowest BCUT2D eigenvalue weighted by Gasteiger charge is -2.09. The molecule has 1 N–H and O–H groups in total. The molecule has 0 atom stereocenters. The molecule has 0 fully saturated rings. The third kappa shape index (κ3) is 5.90. The minimum absolute atomic E-state index is 0.415. The summed E-state index contributed by atoms with van der Waals surface area (Å²) >= 11 is 6.17. The highest BCUT2D eigenvalue weighted by Crippen LogP contribution is 2.27. The monoisotopic (exact) mass is 410 g/mol. The van der Waals surface area contributed by atoms with Gasteiger partial charge in [-0.05, 0) is 41.5 Å². The lowest BCUT2D eigenvalue weighted by Crippen LogP contribution is -2.06. The van der Waals surface area contributed by atoms with Crippen LogP contribution in [0.4, 0.5) is 0 Å². The van der Waals surface area contributed by atoms with Crippen molar-refractivity contribution in [3.05, 3.63) is 88.4 Å². The first kappa shape index (κ1) is 20.6. The van der Waals surface area contributed by atoms with Gasteiger partial charge < -0.3 is 19.6 Å². The molecule has 0 radical (unpaired) electrons. The molecule has 29 heavy (non-hydrogen) atoms. The molecule has 0 aliphatic heterocycles. The third-order valence-electron chi connectivity index (χ3n) is 4.25. The van der Waals surface area contributed by atoms with Gasteiger partial charge in [0.2, 0.25) is 0 Å². The number of hydrogen-bond acceptors (Lipinski definition) is 5. The van der Waals surface area contributed by atoms with Gasteiger partial charge in [0.05, 0.1) is 27.0 Å². The van der Waals surface area contributed by atoms with Crippen molar-refractivity contribution < 1.29 is 14.2 Å². The molecule has 3 aromatic rings. The number of rotatable bonds is 9. The molecule has 0 unspecified atom stereocenters. The summed E-state index contributed by atoms with van der Waals surface area (Å²) in [6, 6.07) is 21.1. The molecule has 0 heterocycles. The lowest BCUT2D eigenvalue weighted by molar-refractivity contribution is 0.306. The van der Waals surface area contributed by atoms with Crippen LogP contribution in [0.25, 0.3) is 0 Å². The van der Waals surface area contributed by atoms with Gasteiger partial charge >= 0.3 is 0 Å². The number of nitrogens with one attached hydrogen (secondary N) is 1. The number of benzene rings is 3. The maximum Gasteiger partial charge on any atom is 0.161 e. The average molecular weight is 411 g/mol. The van der Waals surface area contributed by atoms with Crippen LogP contribution in [0.15, 0.2) is 71.8 Å². The van der Waals surface area contributed by atoms with Gasteiger partial charge in [0.15, 0.2) is 11.5 Å². The van der Waals surface area contributed by atoms with Gasteiger partial charge in [0.1, 0.15) is 12.4 Å². The zero-order valence-corrected chi connectivity index (χ0v) is 17.1. The Morgan fingerprint density at radius 1 is 0.931 bits per heavy atom. The highest BCUT2D eigenvalue weighted by molar-refractivity contribution is 6.31. The zero-order chi connectivity index (χ0) is 20.5. The number of ether oxygens (including phenoxy) is 3. The van der Waals surface area contributed by atoms with Crippen LogP contribution in [0.2, 0.25) is 5.02 Å². The first-order valence-corrected chi connectivity index (χ1v) is 9.50. The van der Waals surface area contributed by atoms with E-state index in [0.717, 1.165) is 22.4 Å². The van der Waals surface area contributed by atoms with Gasteiger partial charge in [-0.2, -0.15) is 5.10 Å². The van der Waals surface area contributed by atoms with Crippen molar-refractivity contribution in [2.45, 2.75) is 13.2 Å². The van der Waals surface area contributed by atoms with Crippen molar-refractivity contribution >= 4 is 17.8 Å². The fraction of sp³-hybridized carbons (Fsp3) is 0.174. The zero-order valence-electron chi connectivity index (χ0n) is 16.4. The van der Waals surface area contributed by atoms with E-state index < -0.39 is 0 Å². The first-order chi connectivity index (χ1) is 14.2. The fourth-order valence-electron chi connectivity index (χ4n) is 2.71. The summed E-state index contributed by atoms with van der Waals surface area (Å²) in [7, 11) is 3.24. The van der Waals surface area contributed by atoms with E-state index in [0.29, 0.717) is 29.7 Å². The SMILES string of the molecule is COc1ccc(CN/N=C/c2cccc(OCc3ccccc3Cl)c2)cc1OC. The maximum absolute atomic E-state index is 6.17. The number of methoxy groups -OCH3 is 2. The van der Waals surface area contributed by atoms with E-state index in [1.807, 2.05) is 66.7 Å². The Morgan fingerprint density at radius 2 is 1.76 bits per heavy atom. The Morgan fingerprint density at radius 3 is 2.55 bits per heavy atom. The fourth-order valence-corrected chi connectivity index (χ4v) is 2.90. The van der Waals surface area contributed by atoms with Crippen LogP contribution in [-0.2, 0) is 13.2 Å². The van der Waals surface area contributed by atoms with Crippen LogP contribution in [0, 0.1) is 0 Å². The van der Waals surface area contributed by atoms with E-state index in [1.54, 1.807) is 20.4 Å². The molecule has 0 aromatic heterocycles. The Labute approximate surface area is 175 Å². The third-order valence-corrected chi connectivity index (χ3v) is 4.62. The first-order valence-electron chi connectivity index (χ1n) is 9.12. The summed E-state index contributed by atoms with van der Waals surface area (Å²) in [6.45, 7) is 0.984. The largest absolute Gasteiger partial charge is 0.493 e. The smallest absolute Gasteiger partial charge is 0.161 e. The summed E-state index contributed by atoms with van der Waals surface area (Å²) in [5, 5.41) is 4.98. The summed E-state index contributed by atoms with van der Waals surface area (Å²) in [5.74, 6) is 2.15. The van der Waals surface area contributed by atoms with Crippen LogP contribution in [0.3, 0.4) is 0 Å². The molecule has 6 heteroatoms. The van der Waals surface area contributed by atoms with Crippen molar-refractivity contribution in [3.8, 4) is 17.2 Å². The quantitative estimate of drug-likeness (QED) is 0.395. The number of nitrogens with zero attached hydrogens (tertiary/aromatic N) is 1. The molecule has 3 rings (SSSR count). The van der Waals surface area contributed by atoms with Crippen LogP contribution < -0.4 is 19.6 Å². The van der Waals surface area contributed by atoms with Gasteiger partial charge in [-0.3, -0.25) is 0 Å². The van der Waals surface area contributed by atoms with E-state index in [4.69, 9.17) is 25.8 Å². The van der Waals surface area contributed by atoms with Gasteiger partial charge in [-0.25, -0.2) is 0 Å². The molecule has 0 saturated heterocycles. The standard InChI is InChI=1S/C23H23ClN2O3/c1-27-22-11-10-18(13-23(22)28-2)15-26-25-14-17-6-5-8-20(12-17)29-16-19-7-3-4-9-21(19)24/h3-14,26H,15-16H2,1-2H3/b25-14+. The van der Waals surface area contributed by atoms with Crippen LogP contribution in [0.5, 0.6) is 17.2 Å². The van der Waals surface area contributed by atoms with Gasteiger partial charge in [-0.15, -0.1) is 0 Å². The summed E-state index contributed by atoms with van der Waals surface area (Å²) in [5.41, 5.74) is 5.96. The van der Waals surface area contributed by atoms with E-state index in [2.05, 4.69) is 10.5 Å². The van der Waals surface area contributed by atoms with Crippen molar-refractivity contribution in [2.75, 3.05) is 14.2 Å². The second-order valence-corrected chi connectivity index (χ2v) is 6.64. The van der Waals surface area contributed by atoms with E-state index >= 15 is 0 Å².